The normalized spacial score (nSPS) is 28.4. The molecule has 166 valence electrons. The SMILES string of the molecule is N#Cc1ccc(N2C3CCC2CN(C(=O)C2CC(O)(c4cccc5ncccc45)C2)C3)nc1. The summed E-state index contributed by atoms with van der Waals surface area (Å²) in [6, 6.07) is 16.0. The number of anilines is 1. The lowest BCUT2D eigenvalue weighted by molar-refractivity contribution is -0.154. The minimum absolute atomic E-state index is 0.152. The second-order valence-corrected chi connectivity index (χ2v) is 9.56. The number of hydrogen-bond acceptors (Lipinski definition) is 6. The number of pyridine rings is 2. The van der Waals surface area contributed by atoms with Gasteiger partial charge in [0.25, 0.3) is 0 Å². The van der Waals surface area contributed by atoms with Crippen LogP contribution in [0.2, 0.25) is 0 Å². The Labute approximate surface area is 192 Å². The van der Waals surface area contributed by atoms with E-state index in [4.69, 9.17) is 5.26 Å². The van der Waals surface area contributed by atoms with E-state index in [0.717, 1.165) is 35.1 Å². The summed E-state index contributed by atoms with van der Waals surface area (Å²) in [7, 11) is 0. The molecule has 3 aliphatic rings. The van der Waals surface area contributed by atoms with Crippen molar-refractivity contribution < 1.29 is 9.90 Å². The Balaban J connectivity index is 1.15. The van der Waals surface area contributed by atoms with Gasteiger partial charge in [-0.05, 0) is 55.5 Å². The van der Waals surface area contributed by atoms with Crippen LogP contribution in [-0.2, 0) is 10.4 Å². The van der Waals surface area contributed by atoms with Crippen LogP contribution in [-0.4, -0.2) is 51.1 Å². The number of likely N-dealkylation sites (tertiary alicyclic amines) is 1. The summed E-state index contributed by atoms with van der Waals surface area (Å²) in [5, 5.41) is 21.3. The Kier molecular flexibility index (Phi) is 4.59. The first kappa shape index (κ1) is 20.1. The summed E-state index contributed by atoms with van der Waals surface area (Å²) < 4.78 is 0. The zero-order valence-corrected chi connectivity index (χ0v) is 18.3. The largest absolute Gasteiger partial charge is 0.385 e. The van der Waals surface area contributed by atoms with Crippen LogP contribution in [0.15, 0.2) is 54.9 Å². The zero-order chi connectivity index (χ0) is 22.6. The van der Waals surface area contributed by atoms with Crippen LogP contribution in [0.5, 0.6) is 0 Å². The highest BCUT2D eigenvalue weighted by atomic mass is 16.3. The number of rotatable bonds is 3. The van der Waals surface area contributed by atoms with E-state index in [0.29, 0.717) is 31.5 Å². The molecular weight excluding hydrogens is 414 g/mol. The molecule has 7 nitrogen and oxygen atoms in total. The van der Waals surface area contributed by atoms with Gasteiger partial charge in [-0.2, -0.15) is 5.26 Å². The van der Waals surface area contributed by atoms with Crippen LogP contribution in [0, 0.1) is 17.2 Å². The summed E-state index contributed by atoms with van der Waals surface area (Å²) in [5.74, 6) is 0.888. The van der Waals surface area contributed by atoms with Gasteiger partial charge in [0.1, 0.15) is 11.9 Å². The second kappa shape index (κ2) is 7.53. The molecule has 0 spiro atoms. The van der Waals surface area contributed by atoms with Crippen LogP contribution in [0.25, 0.3) is 10.9 Å². The Bertz CT molecular complexity index is 1240. The molecule has 2 atom stereocenters. The van der Waals surface area contributed by atoms with Crippen molar-refractivity contribution in [3.63, 3.8) is 0 Å². The maximum atomic E-state index is 13.3. The van der Waals surface area contributed by atoms with Crippen molar-refractivity contribution in [3.05, 3.63) is 66.0 Å². The van der Waals surface area contributed by atoms with E-state index < -0.39 is 5.60 Å². The summed E-state index contributed by atoms with van der Waals surface area (Å²) in [4.78, 5) is 26.5. The molecule has 2 aromatic heterocycles. The Morgan fingerprint density at radius 3 is 2.55 bits per heavy atom. The lowest BCUT2D eigenvalue weighted by Gasteiger charge is -2.48. The molecule has 33 heavy (non-hydrogen) atoms. The standard InChI is InChI=1S/C26H25N5O2/c27-13-17-6-9-24(29-14-17)31-19-7-8-20(31)16-30(15-19)25(32)18-11-26(33,12-18)22-4-1-5-23-21(22)3-2-10-28-23/h1-6,9-10,14,18-20,33H,7-8,11-12,15-16H2. The van der Waals surface area contributed by atoms with E-state index in [-0.39, 0.29) is 23.9 Å². The van der Waals surface area contributed by atoms with E-state index in [9.17, 15) is 9.90 Å². The monoisotopic (exact) mass is 439 g/mol. The molecule has 1 N–H and O–H groups in total. The molecule has 0 radical (unpaired) electrons. The number of nitrogens with zero attached hydrogens (tertiary/aromatic N) is 5. The van der Waals surface area contributed by atoms with Gasteiger partial charge < -0.3 is 14.9 Å². The Morgan fingerprint density at radius 1 is 1.06 bits per heavy atom. The molecular formula is C26H25N5O2. The van der Waals surface area contributed by atoms with Gasteiger partial charge in [-0.1, -0.05) is 18.2 Å². The predicted octanol–water partition coefficient (Wildman–Crippen LogP) is 2.98. The van der Waals surface area contributed by atoms with Crippen molar-refractivity contribution in [2.75, 3.05) is 18.0 Å². The number of amides is 1. The highest BCUT2D eigenvalue weighted by Crippen LogP contribution is 2.48. The fraction of sp³-hybridized carbons (Fsp3) is 0.385. The first-order chi connectivity index (χ1) is 16.1. The topological polar surface area (TPSA) is 93.4 Å². The van der Waals surface area contributed by atoms with Crippen LogP contribution >= 0.6 is 0 Å². The molecule has 2 aliphatic heterocycles. The van der Waals surface area contributed by atoms with Gasteiger partial charge in [-0.15, -0.1) is 0 Å². The first-order valence-electron chi connectivity index (χ1n) is 11.6. The van der Waals surface area contributed by atoms with Crippen molar-refractivity contribution >= 4 is 22.6 Å². The number of hydrogen-bond donors (Lipinski definition) is 1. The van der Waals surface area contributed by atoms with Crippen molar-refractivity contribution in [3.8, 4) is 6.07 Å². The van der Waals surface area contributed by atoms with Crippen molar-refractivity contribution in [1.82, 2.24) is 14.9 Å². The fourth-order valence-electron chi connectivity index (χ4n) is 5.98. The Morgan fingerprint density at radius 2 is 1.85 bits per heavy atom. The molecule has 2 unspecified atom stereocenters. The minimum Gasteiger partial charge on any atom is -0.385 e. The maximum Gasteiger partial charge on any atom is 0.226 e. The number of fused-ring (bicyclic) bond motifs is 3. The van der Waals surface area contributed by atoms with Crippen LogP contribution in [0.3, 0.4) is 0 Å². The van der Waals surface area contributed by atoms with Gasteiger partial charge in [0, 0.05) is 48.9 Å². The quantitative estimate of drug-likeness (QED) is 0.674. The van der Waals surface area contributed by atoms with Crippen LogP contribution in [0.1, 0.15) is 36.8 Å². The molecule has 1 aliphatic carbocycles. The third kappa shape index (κ3) is 3.25. The van der Waals surface area contributed by atoms with Crippen LogP contribution in [0.4, 0.5) is 5.82 Å². The number of aliphatic hydroxyl groups is 1. The molecule has 4 heterocycles. The number of aromatic nitrogens is 2. The van der Waals surface area contributed by atoms with E-state index >= 15 is 0 Å². The molecule has 6 rings (SSSR count). The minimum atomic E-state index is -0.976. The number of carbonyl (C=O) groups excluding carboxylic acids is 1. The summed E-state index contributed by atoms with van der Waals surface area (Å²) in [6.07, 6.45) is 6.34. The molecule has 3 fully saturated rings. The molecule has 1 amide bonds. The van der Waals surface area contributed by atoms with Gasteiger partial charge in [0.2, 0.25) is 5.91 Å². The smallest absolute Gasteiger partial charge is 0.226 e. The second-order valence-electron chi connectivity index (χ2n) is 9.56. The third-order valence-corrected chi connectivity index (χ3v) is 7.60. The van der Waals surface area contributed by atoms with E-state index in [1.165, 1.54) is 0 Å². The van der Waals surface area contributed by atoms with Gasteiger partial charge in [-0.25, -0.2) is 4.98 Å². The average Bonchev–Trinajstić information content (AvgIpc) is 3.10. The van der Waals surface area contributed by atoms with E-state index in [1.807, 2.05) is 41.3 Å². The lowest BCUT2D eigenvalue weighted by atomic mass is 9.66. The zero-order valence-electron chi connectivity index (χ0n) is 18.3. The van der Waals surface area contributed by atoms with Crippen LogP contribution < -0.4 is 4.90 Å². The molecule has 3 aromatic rings. The maximum absolute atomic E-state index is 13.3. The highest BCUT2D eigenvalue weighted by molar-refractivity contribution is 5.85. The van der Waals surface area contributed by atoms with Gasteiger partial charge in [0.15, 0.2) is 0 Å². The number of benzene rings is 1. The van der Waals surface area contributed by atoms with Crippen molar-refractivity contribution in [1.29, 1.82) is 5.26 Å². The molecule has 2 bridgehead atoms. The van der Waals surface area contributed by atoms with Gasteiger partial charge in [-0.3, -0.25) is 9.78 Å². The highest BCUT2D eigenvalue weighted by Gasteiger charge is 2.51. The van der Waals surface area contributed by atoms with E-state index in [1.54, 1.807) is 18.5 Å². The summed E-state index contributed by atoms with van der Waals surface area (Å²) in [5.41, 5.74) is 1.31. The number of piperazine rings is 1. The number of nitriles is 1. The summed E-state index contributed by atoms with van der Waals surface area (Å²) >= 11 is 0. The average molecular weight is 440 g/mol. The van der Waals surface area contributed by atoms with Gasteiger partial charge in [0.05, 0.1) is 16.7 Å². The third-order valence-electron chi connectivity index (χ3n) is 7.60. The lowest BCUT2D eigenvalue weighted by Crippen LogP contribution is -2.59. The van der Waals surface area contributed by atoms with Gasteiger partial charge >= 0.3 is 0 Å². The Hall–Kier alpha value is -3.50. The predicted molar refractivity (Wildman–Crippen MR) is 123 cm³/mol. The molecule has 7 heteroatoms. The molecule has 2 saturated heterocycles. The van der Waals surface area contributed by atoms with Crippen molar-refractivity contribution in [2.45, 2.75) is 43.4 Å². The van der Waals surface area contributed by atoms with Crippen molar-refractivity contribution in [2.24, 2.45) is 5.92 Å². The molecule has 1 saturated carbocycles. The fourth-order valence-corrected chi connectivity index (χ4v) is 5.98. The van der Waals surface area contributed by atoms with E-state index in [2.05, 4.69) is 20.9 Å². The summed E-state index contributed by atoms with van der Waals surface area (Å²) in [6.45, 7) is 1.37. The molecule has 1 aromatic carbocycles. The number of carbonyl (C=O) groups is 1. The first-order valence-corrected chi connectivity index (χ1v) is 11.6.